The maximum absolute atomic E-state index is 5.74. The van der Waals surface area contributed by atoms with Gasteiger partial charge in [0.25, 0.3) is 0 Å². The number of hydrogen-bond donors (Lipinski definition) is 2. The van der Waals surface area contributed by atoms with Crippen molar-refractivity contribution in [3.8, 4) is 0 Å². The maximum atomic E-state index is 5.74. The van der Waals surface area contributed by atoms with Crippen LogP contribution in [0.4, 0.5) is 11.4 Å². The highest BCUT2D eigenvalue weighted by Crippen LogP contribution is 2.27. The number of fused-ring (bicyclic) bond motifs is 1. The molecule has 1 heterocycles. The number of nitrogens with one attached hydrogen (secondary N) is 1. The average molecular weight is 279 g/mol. The van der Waals surface area contributed by atoms with Crippen molar-refractivity contribution in [1.82, 2.24) is 4.98 Å². The van der Waals surface area contributed by atoms with Gasteiger partial charge in [-0.3, -0.25) is 4.98 Å². The van der Waals surface area contributed by atoms with Gasteiger partial charge in [0.05, 0.1) is 11.9 Å². The molecule has 1 aromatic heterocycles. The number of benzene rings is 2. The van der Waals surface area contributed by atoms with Crippen LogP contribution in [-0.4, -0.2) is 9.97 Å². The van der Waals surface area contributed by atoms with Gasteiger partial charge in [0.1, 0.15) is 4.99 Å². The first-order valence-electron chi connectivity index (χ1n) is 6.24. The lowest BCUT2D eigenvalue weighted by atomic mass is 10.1. The second-order valence-corrected chi connectivity index (χ2v) is 4.88. The molecule has 0 aliphatic heterocycles. The van der Waals surface area contributed by atoms with E-state index in [1.165, 1.54) is 5.39 Å². The van der Waals surface area contributed by atoms with Crippen molar-refractivity contribution in [2.75, 3.05) is 5.32 Å². The van der Waals surface area contributed by atoms with E-state index in [0.717, 1.165) is 22.3 Å². The highest BCUT2D eigenvalue weighted by Gasteiger charge is 2.07. The zero-order valence-electron chi connectivity index (χ0n) is 10.7. The molecule has 0 saturated carbocycles. The standard InChI is InChI=1S/C16H13N3S/c17-16(20)13-8-9-18-10-15(13)19-14-7-3-5-11-4-1-2-6-12(11)14/h1-10,19H,(H2,17,20). The minimum absolute atomic E-state index is 0.357. The highest BCUT2D eigenvalue weighted by molar-refractivity contribution is 7.80. The summed E-state index contributed by atoms with van der Waals surface area (Å²) in [6.07, 6.45) is 3.42. The fourth-order valence-corrected chi connectivity index (χ4v) is 2.37. The Kier molecular flexibility index (Phi) is 3.31. The molecule has 3 nitrogen and oxygen atoms in total. The van der Waals surface area contributed by atoms with Gasteiger partial charge >= 0.3 is 0 Å². The van der Waals surface area contributed by atoms with Crippen LogP contribution in [0.25, 0.3) is 10.8 Å². The lowest BCUT2D eigenvalue weighted by Crippen LogP contribution is -2.12. The van der Waals surface area contributed by atoms with E-state index >= 15 is 0 Å². The molecule has 0 bridgehead atoms. The van der Waals surface area contributed by atoms with Gasteiger partial charge in [-0.1, -0.05) is 48.6 Å². The molecule has 20 heavy (non-hydrogen) atoms. The molecule has 2 aromatic carbocycles. The summed E-state index contributed by atoms with van der Waals surface area (Å²) in [6.45, 7) is 0. The van der Waals surface area contributed by atoms with Crippen LogP contribution in [0.2, 0.25) is 0 Å². The Balaban J connectivity index is 2.08. The van der Waals surface area contributed by atoms with Crippen LogP contribution >= 0.6 is 12.2 Å². The second-order valence-electron chi connectivity index (χ2n) is 4.44. The van der Waals surface area contributed by atoms with E-state index in [1.807, 2.05) is 30.3 Å². The van der Waals surface area contributed by atoms with E-state index in [9.17, 15) is 0 Å². The monoisotopic (exact) mass is 279 g/mol. The number of nitrogens with zero attached hydrogens (tertiary/aromatic N) is 1. The topological polar surface area (TPSA) is 50.9 Å². The number of hydrogen-bond acceptors (Lipinski definition) is 3. The molecule has 3 aromatic rings. The van der Waals surface area contributed by atoms with Gasteiger partial charge in [-0.05, 0) is 17.5 Å². The first-order chi connectivity index (χ1) is 9.75. The van der Waals surface area contributed by atoms with Crippen LogP contribution in [0, 0.1) is 0 Å². The first-order valence-corrected chi connectivity index (χ1v) is 6.65. The summed E-state index contributed by atoms with van der Waals surface area (Å²) in [6, 6.07) is 16.1. The lowest BCUT2D eigenvalue weighted by molar-refractivity contribution is 1.31. The molecule has 0 unspecified atom stereocenters. The molecule has 0 aliphatic carbocycles. The predicted octanol–water partition coefficient (Wildman–Crippen LogP) is 3.61. The Morgan fingerprint density at radius 1 is 1.00 bits per heavy atom. The van der Waals surface area contributed by atoms with E-state index in [4.69, 9.17) is 18.0 Å². The first kappa shape index (κ1) is 12.6. The Morgan fingerprint density at radius 2 is 1.80 bits per heavy atom. The van der Waals surface area contributed by atoms with Crippen molar-refractivity contribution in [2.24, 2.45) is 5.73 Å². The fraction of sp³-hybridized carbons (Fsp3) is 0. The second kappa shape index (κ2) is 5.27. The van der Waals surface area contributed by atoms with Crippen LogP contribution in [0.5, 0.6) is 0 Å². The van der Waals surface area contributed by atoms with Crippen molar-refractivity contribution < 1.29 is 0 Å². The van der Waals surface area contributed by atoms with Crippen LogP contribution < -0.4 is 11.1 Å². The summed E-state index contributed by atoms with van der Waals surface area (Å²) in [5.41, 5.74) is 8.36. The minimum atomic E-state index is 0.357. The van der Waals surface area contributed by atoms with Crippen molar-refractivity contribution in [3.05, 3.63) is 66.5 Å². The molecule has 0 aliphatic rings. The number of thiocarbonyl (C=S) groups is 1. The molecule has 0 radical (unpaired) electrons. The molecule has 98 valence electrons. The van der Waals surface area contributed by atoms with E-state index in [2.05, 4.69) is 28.5 Å². The molecule has 0 atom stereocenters. The van der Waals surface area contributed by atoms with E-state index in [0.29, 0.717) is 4.99 Å². The summed E-state index contributed by atoms with van der Waals surface area (Å²) in [5, 5.41) is 5.69. The van der Waals surface area contributed by atoms with E-state index < -0.39 is 0 Å². The third-order valence-corrected chi connectivity index (χ3v) is 3.37. The molecule has 3 rings (SSSR count). The lowest BCUT2D eigenvalue weighted by Gasteiger charge is -2.12. The maximum Gasteiger partial charge on any atom is 0.106 e. The number of aromatic nitrogens is 1. The predicted molar refractivity (Wildman–Crippen MR) is 87.4 cm³/mol. The molecular formula is C16H13N3S. The normalized spacial score (nSPS) is 10.4. The van der Waals surface area contributed by atoms with Crippen LogP contribution in [0.15, 0.2) is 60.9 Å². The average Bonchev–Trinajstić information content (AvgIpc) is 2.48. The quantitative estimate of drug-likeness (QED) is 0.719. The summed E-state index contributed by atoms with van der Waals surface area (Å²) < 4.78 is 0. The Morgan fingerprint density at radius 3 is 2.65 bits per heavy atom. The highest BCUT2D eigenvalue weighted by atomic mass is 32.1. The molecule has 4 heteroatoms. The summed E-state index contributed by atoms with van der Waals surface area (Å²) in [7, 11) is 0. The van der Waals surface area contributed by atoms with Crippen molar-refractivity contribution in [2.45, 2.75) is 0 Å². The van der Waals surface area contributed by atoms with Gasteiger partial charge in [0.2, 0.25) is 0 Å². The smallest absolute Gasteiger partial charge is 0.106 e. The van der Waals surface area contributed by atoms with Gasteiger partial charge in [-0.15, -0.1) is 0 Å². The van der Waals surface area contributed by atoms with Gasteiger partial charge in [-0.25, -0.2) is 0 Å². The third kappa shape index (κ3) is 2.33. The Labute approximate surface area is 122 Å². The van der Waals surface area contributed by atoms with E-state index in [1.54, 1.807) is 12.4 Å². The molecule has 0 saturated heterocycles. The zero-order valence-corrected chi connectivity index (χ0v) is 11.5. The van der Waals surface area contributed by atoms with Crippen molar-refractivity contribution in [3.63, 3.8) is 0 Å². The number of rotatable bonds is 3. The Bertz CT molecular complexity index is 778. The molecule has 0 spiro atoms. The number of nitrogens with two attached hydrogens (primary N) is 1. The fourth-order valence-electron chi connectivity index (χ4n) is 2.19. The van der Waals surface area contributed by atoms with Crippen LogP contribution in [0.1, 0.15) is 5.56 Å². The SMILES string of the molecule is NC(=S)c1ccncc1Nc1cccc2ccccc12. The number of anilines is 2. The van der Waals surface area contributed by atoms with Gasteiger partial charge < -0.3 is 11.1 Å². The zero-order chi connectivity index (χ0) is 13.9. The van der Waals surface area contributed by atoms with Crippen molar-refractivity contribution in [1.29, 1.82) is 0 Å². The largest absolute Gasteiger partial charge is 0.389 e. The molecule has 3 N–H and O–H groups in total. The summed E-state index contributed by atoms with van der Waals surface area (Å²) >= 11 is 5.07. The molecule has 0 fully saturated rings. The molecular weight excluding hydrogens is 266 g/mol. The van der Waals surface area contributed by atoms with Gasteiger partial charge in [-0.2, -0.15) is 0 Å². The number of pyridine rings is 1. The van der Waals surface area contributed by atoms with Crippen molar-refractivity contribution >= 4 is 39.4 Å². The minimum Gasteiger partial charge on any atom is -0.389 e. The van der Waals surface area contributed by atoms with Gasteiger partial charge in [0, 0.05) is 22.8 Å². The summed E-state index contributed by atoms with van der Waals surface area (Å²) in [5.74, 6) is 0. The molecule has 0 amide bonds. The third-order valence-electron chi connectivity index (χ3n) is 3.15. The van der Waals surface area contributed by atoms with Gasteiger partial charge in [0.15, 0.2) is 0 Å². The Hall–Kier alpha value is -2.46. The van der Waals surface area contributed by atoms with E-state index in [-0.39, 0.29) is 0 Å². The van der Waals surface area contributed by atoms with Crippen LogP contribution in [-0.2, 0) is 0 Å². The van der Waals surface area contributed by atoms with Crippen LogP contribution in [0.3, 0.4) is 0 Å². The summed E-state index contributed by atoms with van der Waals surface area (Å²) in [4.78, 5) is 4.48.